The molecule has 2 nitrogen and oxygen atoms in total. The molecule has 0 aliphatic heterocycles. The number of nitrogens with zero attached hydrogens (tertiary/aromatic N) is 2. The summed E-state index contributed by atoms with van der Waals surface area (Å²) in [6.07, 6.45) is 26.2. The number of imidazole rings is 1. The molecule has 27 heavy (non-hydrogen) atoms. The molecule has 0 fully saturated rings. The highest BCUT2D eigenvalue weighted by molar-refractivity contribution is 5.02. The number of hydrogen-bond donors (Lipinski definition) is 0. The van der Waals surface area contributed by atoms with Crippen LogP contribution in [0, 0.1) is 0 Å². The van der Waals surface area contributed by atoms with Gasteiger partial charge in [0.05, 0.1) is 0 Å². The summed E-state index contributed by atoms with van der Waals surface area (Å²) in [5.41, 5.74) is 0. The zero-order chi connectivity index (χ0) is 19.7. The lowest BCUT2D eigenvalue weighted by Gasteiger charge is -2.21. The van der Waals surface area contributed by atoms with Crippen LogP contribution in [0.5, 0.6) is 0 Å². The highest BCUT2D eigenvalue weighted by Gasteiger charge is 2.17. The molecule has 0 N–H and O–H groups in total. The summed E-state index contributed by atoms with van der Waals surface area (Å²) in [4.78, 5) is 4.77. The molecule has 158 valence electrons. The van der Waals surface area contributed by atoms with Crippen molar-refractivity contribution in [2.24, 2.45) is 0 Å². The monoisotopic (exact) mass is 376 g/mol. The van der Waals surface area contributed by atoms with E-state index in [9.17, 15) is 0 Å². The highest BCUT2D eigenvalue weighted by Crippen LogP contribution is 2.28. The largest absolute Gasteiger partial charge is 0.332 e. The Morgan fingerprint density at radius 1 is 0.741 bits per heavy atom. The molecule has 0 saturated heterocycles. The molecule has 0 aliphatic rings. The molecular formula is C25H48N2. The summed E-state index contributed by atoms with van der Waals surface area (Å²) < 4.78 is 2.48. The molecular weight excluding hydrogens is 328 g/mol. The highest BCUT2D eigenvalue weighted by atomic mass is 15.1. The van der Waals surface area contributed by atoms with Gasteiger partial charge >= 0.3 is 0 Å². The zero-order valence-electron chi connectivity index (χ0n) is 19.0. The van der Waals surface area contributed by atoms with Crippen molar-refractivity contribution in [1.82, 2.24) is 9.55 Å². The van der Waals surface area contributed by atoms with E-state index >= 15 is 0 Å². The zero-order valence-corrected chi connectivity index (χ0v) is 19.0. The average molecular weight is 377 g/mol. The third-order valence-electron chi connectivity index (χ3n) is 6.16. The topological polar surface area (TPSA) is 17.8 Å². The van der Waals surface area contributed by atoms with Gasteiger partial charge in [-0.25, -0.2) is 4.98 Å². The quantitative estimate of drug-likeness (QED) is 0.234. The van der Waals surface area contributed by atoms with Gasteiger partial charge in [-0.1, -0.05) is 104 Å². The smallest absolute Gasteiger partial charge is 0.111 e. The Labute approximate surface area is 170 Å². The minimum Gasteiger partial charge on any atom is -0.332 e. The van der Waals surface area contributed by atoms with Gasteiger partial charge in [-0.3, -0.25) is 0 Å². The van der Waals surface area contributed by atoms with Crippen molar-refractivity contribution in [2.45, 2.75) is 142 Å². The van der Waals surface area contributed by atoms with Crippen molar-refractivity contribution in [3.05, 3.63) is 18.2 Å². The molecule has 0 saturated carbocycles. The molecule has 1 aromatic heterocycles. The van der Waals surface area contributed by atoms with Gasteiger partial charge < -0.3 is 4.57 Å². The van der Waals surface area contributed by atoms with Gasteiger partial charge in [0, 0.05) is 24.4 Å². The van der Waals surface area contributed by atoms with Crippen molar-refractivity contribution >= 4 is 0 Å². The number of unbranched alkanes of at least 4 members (excludes halogenated alkanes) is 11. The third kappa shape index (κ3) is 10.4. The van der Waals surface area contributed by atoms with Crippen LogP contribution in [-0.2, 0) is 0 Å². The third-order valence-corrected chi connectivity index (χ3v) is 6.16. The summed E-state index contributed by atoms with van der Waals surface area (Å²) in [6, 6.07) is 0.594. The minimum absolute atomic E-state index is 0.594. The van der Waals surface area contributed by atoms with Crippen molar-refractivity contribution in [3.63, 3.8) is 0 Å². The van der Waals surface area contributed by atoms with Gasteiger partial charge in [0.1, 0.15) is 5.82 Å². The van der Waals surface area contributed by atoms with E-state index in [1.54, 1.807) is 0 Å². The van der Waals surface area contributed by atoms with Gasteiger partial charge in [-0.15, -0.1) is 0 Å². The van der Waals surface area contributed by atoms with E-state index in [2.05, 4.69) is 38.5 Å². The standard InChI is InChI=1S/C25H48N2/c1-5-8-10-12-13-14-15-16-18-20-24(7-3)25-26-21-22-27(25)23(4)19-17-11-9-6-2/h21-24H,5-20H2,1-4H3. The van der Waals surface area contributed by atoms with Crippen LogP contribution in [0.25, 0.3) is 0 Å². The fourth-order valence-corrected chi connectivity index (χ4v) is 4.24. The maximum absolute atomic E-state index is 4.77. The first-order valence-electron chi connectivity index (χ1n) is 12.3. The summed E-state index contributed by atoms with van der Waals surface area (Å²) in [6.45, 7) is 9.30. The lowest BCUT2D eigenvalue weighted by molar-refractivity contribution is 0.427. The first-order valence-corrected chi connectivity index (χ1v) is 12.3. The van der Waals surface area contributed by atoms with Crippen molar-refractivity contribution in [2.75, 3.05) is 0 Å². The van der Waals surface area contributed by atoms with Crippen molar-refractivity contribution in [3.8, 4) is 0 Å². The van der Waals surface area contributed by atoms with E-state index in [1.165, 1.54) is 109 Å². The van der Waals surface area contributed by atoms with E-state index in [0.717, 1.165) is 0 Å². The Hall–Kier alpha value is -0.790. The Morgan fingerprint density at radius 2 is 1.26 bits per heavy atom. The average Bonchev–Trinajstić information content (AvgIpc) is 3.16. The van der Waals surface area contributed by atoms with Crippen LogP contribution >= 0.6 is 0 Å². The van der Waals surface area contributed by atoms with Crippen molar-refractivity contribution < 1.29 is 0 Å². The van der Waals surface area contributed by atoms with Gasteiger partial charge in [0.15, 0.2) is 0 Å². The molecule has 2 atom stereocenters. The lowest BCUT2D eigenvalue weighted by Crippen LogP contribution is -2.12. The molecule has 1 aromatic rings. The second-order valence-corrected chi connectivity index (χ2v) is 8.61. The molecule has 2 unspecified atom stereocenters. The van der Waals surface area contributed by atoms with E-state index in [4.69, 9.17) is 4.98 Å². The SMILES string of the molecule is CCCCCCCCCCCC(CC)c1nccn1C(C)CCCCCC. The van der Waals surface area contributed by atoms with E-state index in [1.807, 2.05) is 6.20 Å². The maximum atomic E-state index is 4.77. The molecule has 2 heteroatoms. The van der Waals surface area contributed by atoms with Crippen LogP contribution in [0.3, 0.4) is 0 Å². The molecule has 0 aromatic carbocycles. The summed E-state index contributed by atoms with van der Waals surface area (Å²) in [5, 5.41) is 0. The van der Waals surface area contributed by atoms with Crippen LogP contribution in [0.2, 0.25) is 0 Å². The summed E-state index contributed by atoms with van der Waals surface area (Å²) in [5.74, 6) is 1.99. The minimum atomic E-state index is 0.594. The Balaban J connectivity index is 2.30. The maximum Gasteiger partial charge on any atom is 0.111 e. The number of aromatic nitrogens is 2. The molecule has 0 radical (unpaired) electrons. The Morgan fingerprint density at radius 3 is 1.85 bits per heavy atom. The van der Waals surface area contributed by atoms with Crippen LogP contribution < -0.4 is 0 Å². The summed E-state index contributed by atoms with van der Waals surface area (Å²) in [7, 11) is 0. The van der Waals surface area contributed by atoms with E-state index in [-0.39, 0.29) is 0 Å². The van der Waals surface area contributed by atoms with Gasteiger partial charge in [0.25, 0.3) is 0 Å². The molecule has 1 heterocycles. The number of rotatable bonds is 18. The fraction of sp³-hybridized carbons (Fsp3) is 0.880. The first kappa shape index (κ1) is 24.2. The predicted molar refractivity (Wildman–Crippen MR) is 121 cm³/mol. The Kier molecular flexibility index (Phi) is 14.5. The van der Waals surface area contributed by atoms with Crippen LogP contribution in [-0.4, -0.2) is 9.55 Å². The first-order chi connectivity index (χ1) is 13.2. The molecule has 0 spiro atoms. The second-order valence-electron chi connectivity index (χ2n) is 8.61. The second kappa shape index (κ2) is 16.2. The fourth-order valence-electron chi connectivity index (χ4n) is 4.24. The van der Waals surface area contributed by atoms with E-state index < -0.39 is 0 Å². The predicted octanol–water partition coefficient (Wildman–Crippen LogP) is 8.83. The van der Waals surface area contributed by atoms with Crippen LogP contribution in [0.1, 0.15) is 148 Å². The van der Waals surface area contributed by atoms with Gasteiger partial charge in [-0.05, 0) is 26.2 Å². The number of hydrogen-bond acceptors (Lipinski definition) is 1. The van der Waals surface area contributed by atoms with Crippen LogP contribution in [0.15, 0.2) is 12.4 Å². The normalized spacial score (nSPS) is 13.8. The van der Waals surface area contributed by atoms with Crippen molar-refractivity contribution in [1.29, 1.82) is 0 Å². The molecule has 0 aliphatic carbocycles. The van der Waals surface area contributed by atoms with Gasteiger partial charge in [0.2, 0.25) is 0 Å². The molecule has 0 amide bonds. The summed E-state index contributed by atoms with van der Waals surface area (Å²) >= 11 is 0. The molecule has 1 rings (SSSR count). The van der Waals surface area contributed by atoms with Gasteiger partial charge in [-0.2, -0.15) is 0 Å². The van der Waals surface area contributed by atoms with E-state index in [0.29, 0.717) is 12.0 Å². The Bertz CT molecular complexity index is 437. The van der Waals surface area contributed by atoms with Crippen LogP contribution in [0.4, 0.5) is 0 Å². The molecule has 0 bridgehead atoms. The lowest BCUT2D eigenvalue weighted by atomic mass is 9.96.